The van der Waals surface area contributed by atoms with E-state index >= 15 is 0 Å². The Balaban J connectivity index is 2.51. The van der Waals surface area contributed by atoms with Crippen molar-refractivity contribution in [1.82, 2.24) is 10.2 Å². The summed E-state index contributed by atoms with van der Waals surface area (Å²) in [4.78, 5) is 12.8. The van der Waals surface area contributed by atoms with Gasteiger partial charge in [-0.2, -0.15) is 0 Å². The van der Waals surface area contributed by atoms with Gasteiger partial charge in [0.25, 0.3) is 0 Å². The standard InChI is InChI=1S/C6H12N2O/c1-3-8-4-7-5(2)6(8)9/h5,7H,3-4H2,1-2H3. The van der Waals surface area contributed by atoms with Crippen molar-refractivity contribution < 1.29 is 4.79 Å². The second kappa shape index (κ2) is 2.35. The van der Waals surface area contributed by atoms with Crippen LogP contribution in [-0.4, -0.2) is 30.1 Å². The van der Waals surface area contributed by atoms with E-state index in [1.165, 1.54) is 0 Å². The fraction of sp³-hybridized carbons (Fsp3) is 0.833. The van der Waals surface area contributed by atoms with Crippen molar-refractivity contribution in [3.8, 4) is 0 Å². The molecular formula is C6H12N2O. The molecule has 1 unspecified atom stereocenters. The number of nitrogens with zero attached hydrogens (tertiary/aromatic N) is 1. The smallest absolute Gasteiger partial charge is 0.240 e. The van der Waals surface area contributed by atoms with Crippen LogP contribution >= 0.6 is 0 Å². The zero-order valence-electron chi connectivity index (χ0n) is 5.85. The van der Waals surface area contributed by atoms with Gasteiger partial charge in [0, 0.05) is 6.54 Å². The first-order valence-electron chi connectivity index (χ1n) is 3.28. The van der Waals surface area contributed by atoms with E-state index in [1.54, 1.807) is 4.90 Å². The van der Waals surface area contributed by atoms with Crippen molar-refractivity contribution in [2.24, 2.45) is 0 Å². The molecule has 1 saturated heterocycles. The molecule has 1 heterocycles. The summed E-state index contributed by atoms with van der Waals surface area (Å²) in [5.74, 6) is 0.220. The first-order chi connectivity index (χ1) is 4.25. The number of amides is 1. The van der Waals surface area contributed by atoms with Crippen molar-refractivity contribution in [3.05, 3.63) is 0 Å². The minimum absolute atomic E-state index is 0.0324. The van der Waals surface area contributed by atoms with Gasteiger partial charge in [0.05, 0.1) is 12.7 Å². The number of carbonyl (C=O) groups is 1. The molecule has 0 aromatic rings. The van der Waals surface area contributed by atoms with Crippen LogP contribution in [0.15, 0.2) is 0 Å². The lowest BCUT2D eigenvalue weighted by atomic mass is 10.3. The quantitative estimate of drug-likeness (QED) is 0.529. The van der Waals surface area contributed by atoms with E-state index in [2.05, 4.69) is 5.32 Å². The molecule has 0 aromatic carbocycles. The van der Waals surface area contributed by atoms with Crippen LogP contribution in [0.3, 0.4) is 0 Å². The van der Waals surface area contributed by atoms with Gasteiger partial charge >= 0.3 is 0 Å². The van der Waals surface area contributed by atoms with Gasteiger partial charge in [-0.05, 0) is 13.8 Å². The Morgan fingerprint density at radius 2 is 2.56 bits per heavy atom. The van der Waals surface area contributed by atoms with Gasteiger partial charge in [0.2, 0.25) is 5.91 Å². The van der Waals surface area contributed by atoms with E-state index in [9.17, 15) is 4.79 Å². The second-order valence-corrected chi connectivity index (χ2v) is 2.28. The summed E-state index contributed by atoms with van der Waals surface area (Å²) in [6.07, 6.45) is 0. The van der Waals surface area contributed by atoms with Gasteiger partial charge < -0.3 is 4.90 Å². The number of rotatable bonds is 1. The van der Waals surface area contributed by atoms with E-state index < -0.39 is 0 Å². The van der Waals surface area contributed by atoms with Gasteiger partial charge in [0.15, 0.2) is 0 Å². The molecule has 0 radical (unpaired) electrons. The lowest BCUT2D eigenvalue weighted by molar-refractivity contribution is -0.128. The molecule has 1 N–H and O–H groups in total. The molecule has 3 heteroatoms. The topological polar surface area (TPSA) is 32.3 Å². The molecule has 0 aromatic heterocycles. The van der Waals surface area contributed by atoms with Crippen LogP contribution < -0.4 is 5.32 Å². The minimum atomic E-state index is 0.0324. The fourth-order valence-electron chi connectivity index (χ4n) is 0.954. The Morgan fingerprint density at radius 1 is 1.89 bits per heavy atom. The van der Waals surface area contributed by atoms with Crippen LogP contribution in [0.25, 0.3) is 0 Å². The molecule has 0 aliphatic carbocycles. The van der Waals surface area contributed by atoms with E-state index in [1.807, 2.05) is 13.8 Å². The highest BCUT2D eigenvalue weighted by Gasteiger charge is 2.25. The number of likely N-dealkylation sites (N-methyl/N-ethyl adjacent to an activating group) is 1. The van der Waals surface area contributed by atoms with Crippen molar-refractivity contribution in [1.29, 1.82) is 0 Å². The Morgan fingerprint density at radius 3 is 2.78 bits per heavy atom. The normalized spacial score (nSPS) is 27.6. The monoisotopic (exact) mass is 128 g/mol. The molecule has 0 bridgehead atoms. The molecule has 52 valence electrons. The Bertz CT molecular complexity index is 124. The maximum atomic E-state index is 11.0. The summed E-state index contributed by atoms with van der Waals surface area (Å²) in [6.45, 7) is 5.41. The number of carbonyl (C=O) groups excluding carboxylic acids is 1. The SMILES string of the molecule is CCN1CNC(C)C1=O. The first-order valence-corrected chi connectivity index (χ1v) is 3.28. The van der Waals surface area contributed by atoms with E-state index in [-0.39, 0.29) is 11.9 Å². The molecule has 0 spiro atoms. The molecule has 1 rings (SSSR count). The number of hydrogen-bond donors (Lipinski definition) is 1. The van der Waals surface area contributed by atoms with Crippen LogP contribution in [0.2, 0.25) is 0 Å². The predicted octanol–water partition coefficient (Wildman–Crippen LogP) is -0.216. The van der Waals surface area contributed by atoms with Gasteiger partial charge in [-0.3, -0.25) is 10.1 Å². The third-order valence-electron chi connectivity index (χ3n) is 1.65. The second-order valence-electron chi connectivity index (χ2n) is 2.28. The summed E-state index contributed by atoms with van der Waals surface area (Å²) < 4.78 is 0. The highest BCUT2D eigenvalue weighted by Crippen LogP contribution is 2.00. The molecule has 3 nitrogen and oxygen atoms in total. The number of hydrogen-bond acceptors (Lipinski definition) is 2. The number of nitrogens with one attached hydrogen (secondary N) is 1. The summed E-state index contributed by atoms with van der Waals surface area (Å²) in [6, 6.07) is 0.0324. The molecule has 1 aliphatic heterocycles. The summed E-state index contributed by atoms with van der Waals surface area (Å²) >= 11 is 0. The largest absolute Gasteiger partial charge is 0.329 e. The lowest BCUT2D eigenvalue weighted by Gasteiger charge is -2.09. The molecule has 1 atom stereocenters. The van der Waals surface area contributed by atoms with Gasteiger partial charge in [-0.15, -0.1) is 0 Å². The maximum absolute atomic E-state index is 11.0. The highest BCUT2D eigenvalue weighted by atomic mass is 16.2. The molecule has 1 fully saturated rings. The molecule has 0 saturated carbocycles. The minimum Gasteiger partial charge on any atom is -0.329 e. The van der Waals surface area contributed by atoms with Crippen molar-refractivity contribution in [2.75, 3.05) is 13.2 Å². The zero-order valence-corrected chi connectivity index (χ0v) is 5.85. The summed E-state index contributed by atoms with van der Waals surface area (Å²) in [5, 5.41) is 3.05. The van der Waals surface area contributed by atoms with Crippen LogP contribution in [0, 0.1) is 0 Å². The van der Waals surface area contributed by atoms with Gasteiger partial charge in [-0.1, -0.05) is 0 Å². The predicted molar refractivity (Wildman–Crippen MR) is 34.9 cm³/mol. The van der Waals surface area contributed by atoms with E-state index in [0.29, 0.717) is 0 Å². The third kappa shape index (κ3) is 1.05. The molecule has 1 aliphatic rings. The van der Waals surface area contributed by atoms with Crippen molar-refractivity contribution >= 4 is 5.91 Å². The van der Waals surface area contributed by atoms with Crippen molar-refractivity contribution in [2.45, 2.75) is 19.9 Å². The van der Waals surface area contributed by atoms with Gasteiger partial charge in [-0.25, -0.2) is 0 Å². The van der Waals surface area contributed by atoms with Gasteiger partial charge in [0.1, 0.15) is 0 Å². The summed E-state index contributed by atoms with van der Waals surface area (Å²) in [5.41, 5.74) is 0. The zero-order chi connectivity index (χ0) is 6.85. The van der Waals surface area contributed by atoms with E-state index in [0.717, 1.165) is 13.2 Å². The van der Waals surface area contributed by atoms with Crippen LogP contribution in [0.4, 0.5) is 0 Å². The Hall–Kier alpha value is -0.570. The molecular weight excluding hydrogens is 116 g/mol. The Kier molecular flexibility index (Phi) is 1.71. The summed E-state index contributed by atoms with van der Waals surface area (Å²) in [7, 11) is 0. The van der Waals surface area contributed by atoms with Crippen molar-refractivity contribution in [3.63, 3.8) is 0 Å². The van der Waals surface area contributed by atoms with Crippen LogP contribution in [0.5, 0.6) is 0 Å². The van der Waals surface area contributed by atoms with Crippen LogP contribution in [0.1, 0.15) is 13.8 Å². The first kappa shape index (κ1) is 6.55. The Labute approximate surface area is 55.0 Å². The average Bonchev–Trinajstić information content (AvgIpc) is 2.15. The lowest BCUT2D eigenvalue weighted by Crippen LogP contribution is -2.27. The average molecular weight is 128 g/mol. The highest BCUT2D eigenvalue weighted by molar-refractivity contribution is 5.83. The third-order valence-corrected chi connectivity index (χ3v) is 1.65. The fourth-order valence-corrected chi connectivity index (χ4v) is 0.954. The molecule has 9 heavy (non-hydrogen) atoms. The maximum Gasteiger partial charge on any atom is 0.240 e. The van der Waals surface area contributed by atoms with Crippen LogP contribution in [-0.2, 0) is 4.79 Å². The molecule has 1 amide bonds. The van der Waals surface area contributed by atoms with E-state index in [4.69, 9.17) is 0 Å².